The van der Waals surface area contributed by atoms with Gasteiger partial charge in [0, 0.05) is 19.4 Å². The highest BCUT2D eigenvalue weighted by Crippen LogP contribution is 2.33. The van der Waals surface area contributed by atoms with Crippen LogP contribution in [0.4, 0.5) is 4.79 Å². The molecule has 0 saturated heterocycles. The topological polar surface area (TPSA) is 69.6 Å². The highest BCUT2D eigenvalue weighted by atomic mass is 35.5. The van der Waals surface area contributed by atoms with Crippen LogP contribution >= 0.6 is 31.2 Å². The van der Waals surface area contributed by atoms with Gasteiger partial charge in [-0.1, -0.05) is 47.5 Å². The van der Waals surface area contributed by atoms with E-state index in [0.29, 0.717) is 26.5 Å². The molecule has 8 heteroatoms. The van der Waals surface area contributed by atoms with E-state index in [1.807, 2.05) is 0 Å². The molecule has 0 bridgehead atoms. The maximum atomic E-state index is 12.2. The monoisotopic (exact) mass is 386 g/mol. The van der Waals surface area contributed by atoms with Gasteiger partial charge < -0.3 is 15.1 Å². The molecular weight excluding hydrogens is 370 g/mol. The third kappa shape index (κ3) is 3.93. The number of carbonyl (C=O) groups excluding carboxylic acids is 1. The molecule has 2 N–H and O–H groups in total. The van der Waals surface area contributed by atoms with Gasteiger partial charge in [0.1, 0.15) is 0 Å². The summed E-state index contributed by atoms with van der Waals surface area (Å²) in [4.78, 5) is 23.3. The van der Waals surface area contributed by atoms with Gasteiger partial charge in [0.15, 0.2) is 0 Å². The van der Waals surface area contributed by atoms with E-state index < -0.39 is 14.1 Å². The summed E-state index contributed by atoms with van der Waals surface area (Å²) in [6, 6.07) is 10.8. The van der Waals surface area contributed by atoms with E-state index in [1.54, 1.807) is 49.5 Å². The Labute approximate surface area is 151 Å². The number of amides is 2. The maximum absolute atomic E-state index is 12.2. The number of hydrogen-bond donors (Lipinski definition) is 2. The fourth-order valence-electron chi connectivity index (χ4n) is 2.52. The van der Waals surface area contributed by atoms with Crippen LogP contribution in [-0.4, -0.2) is 29.9 Å². The molecular formula is C16H17Cl2N2O3P. The van der Waals surface area contributed by atoms with E-state index >= 15 is 0 Å². The highest BCUT2D eigenvalue weighted by Gasteiger charge is 2.26. The molecule has 0 radical (unpaired) electrons. The van der Waals surface area contributed by atoms with Crippen molar-refractivity contribution in [1.29, 1.82) is 0 Å². The molecule has 0 heterocycles. The summed E-state index contributed by atoms with van der Waals surface area (Å²) in [6.07, 6.45) is 0. The first-order chi connectivity index (χ1) is 11.4. The zero-order chi connectivity index (χ0) is 17.9. The van der Waals surface area contributed by atoms with Crippen LogP contribution in [0.15, 0.2) is 42.5 Å². The van der Waals surface area contributed by atoms with E-state index in [2.05, 4.69) is 5.32 Å². The number of rotatable bonds is 4. The van der Waals surface area contributed by atoms with Gasteiger partial charge in [-0.2, -0.15) is 0 Å². The highest BCUT2D eigenvalue weighted by molar-refractivity contribution is 7.47. The second-order valence-corrected chi connectivity index (χ2v) is 7.10. The van der Waals surface area contributed by atoms with Crippen LogP contribution in [0, 0.1) is 0 Å². The minimum absolute atomic E-state index is 0.300. The van der Waals surface area contributed by atoms with Crippen molar-refractivity contribution in [2.45, 2.75) is 6.04 Å². The van der Waals surface area contributed by atoms with Crippen molar-refractivity contribution in [3.05, 3.63) is 63.6 Å². The Balaban J connectivity index is 2.66. The molecule has 0 aliphatic heterocycles. The van der Waals surface area contributed by atoms with E-state index in [4.69, 9.17) is 23.2 Å². The zero-order valence-electron chi connectivity index (χ0n) is 13.1. The van der Waals surface area contributed by atoms with Gasteiger partial charge in [-0.3, -0.25) is 4.57 Å². The Bertz CT molecular complexity index is 786. The molecule has 24 heavy (non-hydrogen) atoms. The Morgan fingerprint density at radius 3 is 2.46 bits per heavy atom. The standard InChI is InChI=1S/C16H17Cl2N2O3P/c1-19-16(21)20(2)15(10-7-8-12(17)13(18)9-10)11-5-3-4-6-14(11)24(22)23/h3-9,15,24H,1-2H3,(H,19,21)(H,22,23). The van der Waals surface area contributed by atoms with Gasteiger partial charge >= 0.3 is 6.03 Å². The van der Waals surface area contributed by atoms with Crippen molar-refractivity contribution in [2.24, 2.45) is 0 Å². The lowest BCUT2D eigenvalue weighted by atomic mass is 9.97. The summed E-state index contributed by atoms with van der Waals surface area (Å²) >= 11 is 12.1. The van der Waals surface area contributed by atoms with Gasteiger partial charge in [-0.05, 0) is 29.3 Å². The smallest absolute Gasteiger partial charge is 0.317 e. The van der Waals surface area contributed by atoms with Crippen LogP contribution < -0.4 is 10.6 Å². The molecule has 2 atom stereocenters. The number of halogens is 2. The van der Waals surface area contributed by atoms with Crippen molar-refractivity contribution >= 4 is 42.6 Å². The molecule has 0 aliphatic carbocycles. The molecule has 128 valence electrons. The second-order valence-electron chi connectivity index (χ2n) is 5.13. The van der Waals surface area contributed by atoms with Gasteiger partial charge in [0.05, 0.1) is 16.1 Å². The lowest BCUT2D eigenvalue weighted by Crippen LogP contribution is -2.39. The normalized spacial score (nSPS) is 13.2. The number of nitrogens with one attached hydrogen (secondary N) is 1. The average molecular weight is 387 g/mol. The van der Waals surface area contributed by atoms with Crippen LogP contribution in [0.25, 0.3) is 0 Å². The van der Waals surface area contributed by atoms with E-state index in [9.17, 15) is 14.3 Å². The van der Waals surface area contributed by atoms with Gasteiger partial charge in [0.25, 0.3) is 0 Å². The van der Waals surface area contributed by atoms with Crippen molar-refractivity contribution in [3.63, 3.8) is 0 Å². The van der Waals surface area contributed by atoms with Crippen molar-refractivity contribution < 1.29 is 14.3 Å². The van der Waals surface area contributed by atoms with Gasteiger partial charge in [0.2, 0.25) is 8.03 Å². The number of nitrogens with zero attached hydrogens (tertiary/aromatic N) is 1. The quantitative estimate of drug-likeness (QED) is 0.790. The van der Waals surface area contributed by atoms with Gasteiger partial charge in [-0.15, -0.1) is 0 Å². The Morgan fingerprint density at radius 1 is 1.21 bits per heavy atom. The van der Waals surface area contributed by atoms with Crippen LogP contribution in [0.3, 0.4) is 0 Å². The Morgan fingerprint density at radius 2 is 1.88 bits per heavy atom. The molecule has 2 amide bonds. The fourth-order valence-corrected chi connectivity index (χ4v) is 3.53. The largest absolute Gasteiger partial charge is 0.343 e. The molecule has 0 aliphatic rings. The van der Waals surface area contributed by atoms with Crippen LogP contribution in [0.1, 0.15) is 17.2 Å². The molecule has 0 aromatic heterocycles. The predicted molar refractivity (Wildman–Crippen MR) is 97.8 cm³/mol. The lowest BCUT2D eigenvalue weighted by Gasteiger charge is -2.30. The molecule has 2 aromatic rings. The molecule has 5 nitrogen and oxygen atoms in total. The Hall–Kier alpha value is -1.52. The van der Waals surface area contributed by atoms with Crippen molar-refractivity contribution in [3.8, 4) is 0 Å². The first kappa shape index (κ1) is 18.8. The summed E-state index contributed by atoms with van der Waals surface area (Å²) in [7, 11) is 0.184. The van der Waals surface area contributed by atoms with E-state index in [0.717, 1.165) is 0 Å². The van der Waals surface area contributed by atoms with Crippen LogP contribution in [0.2, 0.25) is 10.0 Å². The third-order valence-electron chi connectivity index (χ3n) is 3.67. The van der Waals surface area contributed by atoms with Crippen LogP contribution in [-0.2, 0) is 4.57 Å². The minimum atomic E-state index is -2.94. The average Bonchev–Trinajstić information content (AvgIpc) is 2.57. The molecule has 0 spiro atoms. The van der Waals surface area contributed by atoms with Crippen molar-refractivity contribution in [1.82, 2.24) is 10.2 Å². The molecule has 0 saturated carbocycles. The van der Waals surface area contributed by atoms with E-state index in [-0.39, 0.29) is 6.03 Å². The second kappa shape index (κ2) is 8.04. The number of carbonyl (C=O) groups is 1. The third-order valence-corrected chi connectivity index (χ3v) is 5.32. The first-order valence-electron chi connectivity index (χ1n) is 7.08. The van der Waals surface area contributed by atoms with Gasteiger partial charge in [-0.25, -0.2) is 4.79 Å². The first-order valence-corrected chi connectivity index (χ1v) is 9.19. The minimum Gasteiger partial charge on any atom is -0.343 e. The van der Waals surface area contributed by atoms with E-state index in [1.165, 1.54) is 11.9 Å². The summed E-state index contributed by atoms with van der Waals surface area (Å²) in [5.74, 6) is 0. The zero-order valence-corrected chi connectivity index (χ0v) is 15.6. The number of hydrogen-bond acceptors (Lipinski definition) is 2. The summed E-state index contributed by atoms with van der Waals surface area (Å²) in [6.45, 7) is 0. The Kier molecular flexibility index (Phi) is 6.30. The van der Waals surface area contributed by atoms with Crippen molar-refractivity contribution in [2.75, 3.05) is 14.1 Å². The molecule has 0 fully saturated rings. The molecule has 2 rings (SSSR count). The molecule has 2 unspecified atom stereocenters. The summed E-state index contributed by atoms with van der Waals surface area (Å²) in [5, 5.41) is 3.60. The predicted octanol–water partition coefficient (Wildman–Crippen LogP) is 3.45. The fraction of sp³-hybridized carbons (Fsp3) is 0.188. The van der Waals surface area contributed by atoms with Crippen LogP contribution in [0.5, 0.6) is 0 Å². The number of benzene rings is 2. The SMILES string of the molecule is CNC(=O)N(C)C(c1ccc(Cl)c(Cl)c1)c1ccccc1[PH](=O)O. The lowest BCUT2D eigenvalue weighted by molar-refractivity contribution is 0.201. The summed E-state index contributed by atoms with van der Waals surface area (Å²) < 4.78 is 11.8. The number of urea groups is 1. The summed E-state index contributed by atoms with van der Waals surface area (Å²) in [5.41, 5.74) is 1.25. The maximum Gasteiger partial charge on any atom is 0.317 e. The molecule has 2 aromatic carbocycles.